The summed E-state index contributed by atoms with van der Waals surface area (Å²) in [6.45, 7) is 0. The lowest BCUT2D eigenvalue weighted by Gasteiger charge is -2.00. The second-order valence-corrected chi connectivity index (χ2v) is 4.08. The van der Waals surface area contributed by atoms with Crippen molar-refractivity contribution in [2.24, 2.45) is 0 Å². The van der Waals surface area contributed by atoms with Crippen LogP contribution in [0.4, 0.5) is 10.1 Å². The zero-order chi connectivity index (χ0) is 10.7. The highest BCUT2D eigenvalue weighted by molar-refractivity contribution is 7.99. The molecule has 1 aromatic carbocycles. The summed E-state index contributed by atoms with van der Waals surface area (Å²) in [5, 5.41) is 0.765. The Kier molecular flexibility index (Phi) is 2.87. The second-order valence-electron chi connectivity index (χ2n) is 2.99. The Morgan fingerprint density at radius 3 is 2.40 bits per heavy atom. The maximum atomic E-state index is 12.6. The van der Waals surface area contributed by atoms with E-state index in [2.05, 4.69) is 4.98 Å². The highest BCUT2D eigenvalue weighted by Gasteiger charge is 1.98. The van der Waals surface area contributed by atoms with Crippen molar-refractivity contribution in [3.05, 3.63) is 48.4 Å². The van der Waals surface area contributed by atoms with Crippen LogP contribution in [0.5, 0.6) is 0 Å². The maximum Gasteiger partial charge on any atom is 0.141 e. The molecule has 0 amide bonds. The van der Waals surface area contributed by atoms with E-state index < -0.39 is 0 Å². The van der Waals surface area contributed by atoms with Crippen LogP contribution in [0, 0.1) is 5.82 Å². The van der Waals surface area contributed by atoms with Gasteiger partial charge >= 0.3 is 0 Å². The van der Waals surface area contributed by atoms with E-state index >= 15 is 0 Å². The first-order chi connectivity index (χ1) is 7.24. The van der Waals surface area contributed by atoms with Gasteiger partial charge in [0.1, 0.15) is 10.8 Å². The molecule has 4 heteroatoms. The molecule has 0 saturated heterocycles. The lowest BCUT2D eigenvalue weighted by molar-refractivity contribution is 0.618. The van der Waals surface area contributed by atoms with E-state index in [-0.39, 0.29) is 5.82 Å². The fraction of sp³-hybridized carbons (Fsp3) is 0. The number of nitrogen functional groups attached to an aromatic ring is 1. The second kappa shape index (κ2) is 4.31. The van der Waals surface area contributed by atoms with Gasteiger partial charge in [0, 0.05) is 10.6 Å². The van der Waals surface area contributed by atoms with E-state index in [4.69, 9.17) is 5.73 Å². The van der Waals surface area contributed by atoms with Crippen LogP contribution in [-0.4, -0.2) is 4.98 Å². The monoisotopic (exact) mass is 220 g/mol. The number of nitrogens with zero attached hydrogens (tertiary/aromatic N) is 1. The topological polar surface area (TPSA) is 38.9 Å². The van der Waals surface area contributed by atoms with Crippen LogP contribution in [0.15, 0.2) is 52.5 Å². The molecule has 2 aromatic rings. The van der Waals surface area contributed by atoms with Gasteiger partial charge in [-0.2, -0.15) is 0 Å². The van der Waals surface area contributed by atoms with Gasteiger partial charge in [0.25, 0.3) is 0 Å². The van der Waals surface area contributed by atoms with Gasteiger partial charge < -0.3 is 5.73 Å². The summed E-state index contributed by atoms with van der Waals surface area (Å²) in [7, 11) is 0. The summed E-state index contributed by atoms with van der Waals surface area (Å²) in [6, 6.07) is 10.5. The molecule has 0 unspecified atom stereocenters. The van der Waals surface area contributed by atoms with Crippen molar-refractivity contribution in [1.82, 2.24) is 4.98 Å². The number of anilines is 1. The van der Waals surface area contributed by atoms with Gasteiger partial charge in [0.15, 0.2) is 0 Å². The maximum absolute atomic E-state index is 12.6. The van der Waals surface area contributed by atoms with E-state index in [0.717, 1.165) is 15.6 Å². The molecule has 0 atom stereocenters. The van der Waals surface area contributed by atoms with E-state index in [1.54, 1.807) is 6.07 Å². The van der Waals surface area contributed by atoms with Gasteiger partial charge in [-0.3, -0.25) is 0 Å². The molecular weight excluding hydrogens is 211 g/mol. The smallest absolute Gasteiger partial charge is 0.141 e. The average Bonchev–Trinajstić information content (AvgIpc) is 2.25. The lowest BCUT2D eigenvalue weighted by atomic mass is 10.3. The number of rotatable bonds is 2. The highest BCUT2D eigenvalue weighted by atomic mass is 32.2. The Morgan fingerprint density at radius 1 is 1.07 bits per heavy atom. The summed E-state index contributed by atoms with van der Waals surface area (Å²) in [5.74, 6) is -0.323. The van der Waals surface area contributed by atoms with Gasteiger partial charge in [0.05, 0.1) is 6.20 Å². The van der Waals surface area contributed by atoms with Crippen LogP contribution in [-0.2, 0) is 0 Å². The Morgan fingerprint density at radius 2 is 1.80 bits per heavy atom. The normalized spacial score (nSPS) is 10.2. The third-order valence-electron chi connectivity index (χ3n) is 1.80. The molecule has 1 aromatic heterocycles. The van der Waals surface area contributed by atoms with Crippen LogP contribution >= 0.6 is 11.8 Å². The van der Waals surface area contributed by atoms with Crippen molar-refractivity contribution >= 4 is 17.4 Å². The van der Waals surface area contributed by atoms with Crippen LogP contribution in [0.2, 0.25) is 0 Å². The van der Waals surface area contributed by atoms with E-state index in [1.165, 1.54) is 24.0 Å². The van der Waals surface area contributed by atoms with Crippen molar-refractivity contribution in [3.63, 3.8) is 0 Å². The quantitative estimate of drug-likeness (QED) is 0.791. The SMILES string of the molecule is Nc1ccc(Sc2ccc(F)cn2)cc1. The number of nitrogens with two attached hydrogens (primary N) is 1. The van der Waals surface area contributed by atoms with Crippen molar-refractivity contribution in [2.45, 2.75) is 9.92 Å². The van der Waals surface area contributed by atoms with Gasteiger partial charge in [-0.25, -0.2) is 9.37 Å². The summed E-state index contributed by atoms with van der Waals surface area (Å²) in [6.07, 6.45) is 1.21. The standard InChI is InChI=1S/C11H9FN2S/c12-8-1-6-11(14-7-8)15-10-4-2-9(13)3-5-10/h1-7H,13H2. The molecule has 0 fully saturated rings. The first-order valence-electron chi connectivity index (χ1n) is 4.39. The predicted octanol–water partition coefficient (Wildman–Crippen LogP) is 2.95. The molecule has 1 heterocycles. The van der Waals surface area contributed by atoms with E-state index in [9.17, 15) is 4.39 Å². The molecule has 2 N–H and O–H groups in total. The number of pyridine rings is 1. The van der Waals surface area contributed by atoms with Crippen LogP contribution < -0.4 is 5.73 Å². The summed E-state index contributed by atoms with van der Waals surface area (Å²) in [5.41, 5.74) is 6.29. The van der Waals surface area contributed by atoms with E-state index in [1.807, 2.05) is 24.3 Å². The molecule has 0 aliphatic heterocycles. The Balaban J connectivity index is 2.15. The third-order valence-corrected chi connectivity index (χ3v) is 2.76. The molecule has 0 aliphatic carbocycles. The average molecular weight is 220 g/mol. The number of hydrogen-bond donors (Lipinski definition) is 1. The van der Waals surface area contributed by atoms with Gasteiger partial charge in [0.2, 0.25) is 0 Å². The van der Waals surface area contributed by atoms with E-state index in [0.29, 0.717) is 0 Å². The minimum absolute atomic E-state index is 0.323. The summed E-state index contributed by atoms with van der Waals surface area (Å²) >= 11 is 1.47. The van der Waals surface area contributed by atoms with Crippen LogP contribution in [0.25, 0.3) is 0 Å². The molecule has 0 saturated carbocycles. The molecule has 0 spiro atoms. The zero-order valence-corrected chi connectivity index (χ0v) is 8.67. The third kappa shape index (κ3) is 2.70. The van der Waals surface area contributed by atoms with Crippen LogP contribution in [0.1, 0.15) is 0 Å². The zero-order valence-electron chi connectivity index (χ0n) is 7.85. The molecule has 2 rings (SSSR count). The molecule has 76 valence electrons. The summed E-state index contributed by atoms with van der Waals surface area (Å²) in [4.78, 5) is 4.98. The van der Waals surface area contributed by atoms with Crippen molar-refractivity contribution in [2.75, 3.05) is 5.73 Å². The molecule has 15 heavy (non-hydrogen) atoms. The molecule has 2 nitrogen and oxygen atoms in total. The first kappa shape index (κ1) is 9.98. The van der Waals surface area contributed by atoms with Crippen molar-refractivity contribution < 1.29 is 4.39 Å². The minimum Gasteiger partial charge on any atom is -0.399 e. The minimum atomic E-state index is -0.323. The lowest BCUT2D eigenvalue weighted by Crippen LogP contribution is -1.84. The Bertz CT molecular complexity index is 396. The number of benzene rings is 1. The van der Waals surface area contributed by atoms with Crippen molar-refractivity contribution in [1.29, 1.82) is 0 Å². The van der Waals surface area contributed by atoms with Gasteiger partial charge in [-0.1, -0.05) is 11.8 Å². The van der Waals surface area contributed by atoms with Crippen LogP contribution in [0.3, 0.4) is 0 Å². The van der Waals surface area contributed by atoms with Gasteiger partial charge in [-0.05, 0) is 36.4 Å². The fourth-order valence-electron chi connectivity index (χ4n) is 1.08. The highest BCUT2D eigenvalue weighted by Crippen LogP contribution is 2.26. The Hall–Kier alpha value is -1.55. The predicted molar refractivity (Wildman–Crippen MR) is 59.2 cm³/mol. The first-order valence-corrected chi connectivity index (χ1v) is 5.20. The molecular formula is C11H9FN2S. The number of hydrogen-bond acceptors (Lipinski definition) is 3. The summed E-state index contributed by atoms with van der Waals surface area (Å²) < 4.78 is 12.6. The van der Waals surface area contributed by atoms with Crippen molar-refractivity contribution in [3.8, 4) is 0 Å². The molecule has 0 bridgehead atoms. The number of halogens is 1. The molecule has 0 aliphatic rings. The Labute approximate surface area is 91.3 Å². The fourth-order valence-corrected chi connectivity index (χ4v) is 1.83. The largest absolute Gasteiger partial charge is 0.399 e. The van der Waals surface area contributed by atoms with Gasteiger partial charge in [-0.15, -0.1) is 0 Å². The number of aromatic nitrogens is 1. The molecule has 0 radical (unpaired) electrons.